The molecule has 132 valence electrons. The maximum Gasteiger partial charge on any atom is 0.336 e. The minimum Gasteiger partial charge on any atom is -0.466 e. The van der Waals surface area contributed by atoms with Crippen molar-refractivity contribution in [3.63, 3.8) is 0 Å². The van der Waals surface area contributed by atoms with Gasteiger partial charge in [0.1, 0.15) is 11.3 Å². The van der Waals surface area contributed by atoms with Crippen LogP contribution in [0.4, 0.5) is 0 Å². The van der Waals surface area contributed by atoms with Gasteiger partial charge in [-0.1, -0.05) is 12.1 Å². The molecule has 1 aromatic carbocycles. The molecule has 2 heterocycles. The highest BCUT2D eigenvalue weighted by atomic mass is 16.5. The highest BCUT2D eigenvalue weighted by molar-refractivity contribution is 5.94. The van der Waals surface area contributed by atoms with Crippen LogP contribution in [0.5, 0.6) is 0 Å². The molecular formula is C20H18N2O4. The van der Waals surface area contributed by atoms with Crippen molar-refractivity contribution < 1.29 is 13.9 Å². The summed E-state index contributed by atoms with van der Waals surface area (Å²) in [5.74, 6) is -0.752. The van der Waals surface area contributed by atoms with Gasteiger partial charge >= 0.3 is 5.97 Å². The molecule has 6 heteroatoms. The molecule has 0 fully saturated rings. The van der Waals surface area contributed by atoms with Crippen molar-refractivity contribution in [3.8, 4) is 6.07 Å². The second-order valence-corrected chi connectivity index (χ2v) is 6.18. The van der Waals surface area contributed by atoms with Gasteiger partial charge in [-0.25, -0.2) is 4.79 Å². The summed E-state index contributed by atoms with van der Waals surface area (Å²) in [5.41, 5.74) is 2.75. The van der Waals surface area contributed by atoms with Crippen LogP contribution in [0.15, 0.2) is 56.0 Å². The molecule has 1 aliphatic rings. The van der Waals surface area contributed by atoms with Crippen molar-refractivity contribution in [1.29, 1.82) is 5.26 Å². The number of aryl methyl sites for hydroxylation is 1. The van der Waals surface area contributed by atoms with Gasteiger partial charge < -0.3 is 14.5 Å². The van der Waals surface area contributed by atoms with Gasteiger partial charge in [0, 0.05) is 23.0 Å². The fourth-order valence-corrected chi connectivity index (χ4v) is 3.38. The number of nitriles is 1. The smallest absolute Gasteiger partial charge is 0.336 e. The highest BCUT2D eigenvalue weighted by Crippen LogP contribution is 2.40. The molecule has 0 aliphatic carbocycles. The lowest BCUT2D eigenvalue weighted by atomic mass is 9.80. The maximum atomic E-state index is 12.5. The summed E-state index contributed by atoms with van der Waals surface area (Å²) in [6.07, 6.45) is 0. The molecule has 26 heavy (non-hydrogen) atoms. The molecule has 0 amide bonds. The largest absolute Gasteiger partial charge is 0.466 e. The van der Waals surface area contributed by atoms with Crippen molar-refractivity contribution in [1.82, 2.24) is 5.32 Å². The third-order valence-electron chi connectivity index (χ3n) is 4.51. The first kappa shape index (κ1) is 17.5. The van der Waals surface area contributed by atoms with Crippen molar-refractivity contribution in [3.05, 3.63) is 68.4 Å². The number of benzene rings is 1. The van der Waals surface area contributed by atoms with Crippen molar-refractivity contribution in [2.75, 3.05) is 7.11 Å². The molecule has 6 nitrogen and oxygen atoms in total. The number of carbonyl (C=O) groups excluding carboxylic acids is 1. The summed E-state index contributed by atoms with van der Waals surface area (Å²) in [6.45, 7) is 5.22. The number of ether oxygens (including phenoxy) is 1. The molecule has 1 N–H and O–H groups in total. The summed E-state index contributed by atoms with van der Waals surface area (Å²) in [5, 5.41) is 13.2. The molecule has 2 aromatic rings. The van der Waals surface area contributed by atoms with Gasteiger partial charge in [-0.2, -0.15) is 5.26 Å². The number of nitrogens with one attached hydrogen (secondary N) is 1. The molecule has 0 bridgehead atoms. The van der Waals surface area contributed by atoms with Crippen LogP contribution in [-0.2, 0) is 9.53 Å². The fraction of sp³-hybridized carbons (Fsp3) is 0.250. The Balaban J connectivity index is 2.40. The quantitative estimate of drug-likeness (QED) is 0.837. The molecule has 1 unspecified atom stereocenters. The standard InChI is InChI=1S/C20H18N2O4/c1-10-8-16(23)13-6-5-7-14(19(13)26-10)18-15(9-21)11(2)22-12(3)17(18)20(24)25-4/h5-8,18,22H,1-4H3. The average molecular weight is 350 g/mol. The summed E-state index contributed by atoms with van der Waals surface area (Å²) < 4.78 is 10.8. The molecule has 0 spiro atoms. The van der Waals surface area contributed by atoms with E-state index in [9.17, 15) is 14.9 Å². The van der Waals surface area contributed by atoms with Crippen LogP contribution in [0.2, 0.25) is 0 Å². The SMILES string of the molecule is COC(=O)C1=C(C)NC(C)=C(C#N)C1c1cccc2c(=O)cc(C)oc12. The van der Waals surface area contributed by atoms with E-state index in [0.29, 0.717) is 44.8 Å². The Hall–Kier alpha value is -3.33. The lowest BCUT2D eigenvalue weighted by Crippen LogP contribution is -2.28. The molecule has 0 saturated carbocycles. The van der Waals surface area contributed by atoms with Crippen LogP contribution >= 0.6 is 0 Å². The predicted molar refractivity (Wildman–Crippen MR) is 96.1 cm³/mol. The van der Waals surface area contributed by atoms with Crippen LogP contribution in [0.3, 0.4) is 0 Å². The number of dihydropyridines is 1. The van der Waals surface area contributed by atoms with E-state index < -0.39 is 11.9 Å². The first-order valence-electron chi connectivity index (χ1n) is 8.09. The van der Waals surface area contributed by atoms with E-state index in [4.69, 9.17) is 9.15 Å². The van der Waals surface area contributed by atoms with E-state index in [2.05, 4.69) is 11.4 Å². The summed E-state index contributed by atoms with van der Waals surface area (Å²) in [4.78, 5) is 24.8. The third kappa shape index (κ3) is 2.68. The van der Waals surface area contributed by atoms with Gasteiger partial charge in [0.2, 0.25) is 0 Å². The van der Waals surface area contributed by atoms with Crippen LogP contribution in [0, 0.1) is 18.3 Å². The molecular weight excluding hydrogens is 332 g/mol. The van der Waals surface area contributed by atoms with Gasteiger partial charge in [-0.3, -0.25) is 4.79 Å². The Morgan fingerprint density at radius 2 is 2.00 bits per heavy atom. The fourth-order valence-electron chi connectivity index (χ4n) is 3.38. The number of nitrogens with zero attached hydrogens (tertiary/aromatic N) is 1. The first-order chi connectivity index (χ1) is 12.4. The molecule has 1 aromatic heterocycles. The van der Waals surface area contributed by atoms with Crippen LogP contribution < -0.4 is 10.7 Å². The van der Waals surface area contributed by atoms with Crippen LogP contribution in [-0.4, -0.2) is 13.1 Å². The van der Waals surface area contributed by atoms with E-state index >= 15 is 0 Å². The van der Waals surface area contributed by atoms with Gasteiger partial charge in [-0.15, -0.1) is 0 Å². The van der Waals surface area contributed by atoms with E-state index in [1.54, 1.807) is 39.0 Å². The van der Waals surface area contributed by atoms with Crippen LogP contribution in [0.1, 0.15) is 31.1 Å². The minimum atomic E-state index is -0.678. The normalized spacial score (nSPS) is 17.1. The number of esters is 1. The number of para-hydroxylation sites is 1. The zero-order valence-corrected chi connectivity index (χ0v) is 15.0. The Kier molecular flexibility index (Phi) is 4.39. The zero-order valence-electron chi connectivity index (χ0n) is 15.0. The number of rotatable bonds is 2. The maximum absolute atomic E-state index is 12.5. The summed E-state index contributed by atoms with van der Waals surface area (Å²) in [7, 11) is 1.30. The Labute approximate surface area is 150 Å². The topological polar surface area (TPSA) is 92.3 Å². The Bertz CT molecular complexity index is 1080. The number of fused-ring (bicyclic) bond motifs is 1. The van der Waals surface area contributed by atoms with Gasteiger partial charge in [0.15, 0.2) is 5.43 Å². The average Bonchev–Trinajstić information content (AvgIpc) is 2.60. The van der Waals surface area contributed by atoms with Gasteiger partial charge in [-0.05, 0) is 26.8 Å². The number of carbonyl (C=O) groups is 1. The molecule has 3 rings (SSSR count). The second-order valence-electron chi connectivity index (χ2n) is 6.18. The van der Waals surface area contributed by atoms with Crippen molar-refractivity contribution in [2.24, 2.45) is 0 Å². The van der Waals surface area contributed by atoms with E-state index in [1.165, 1.54) is 13.2 Å². The molecule has 1 aliphatic heterocycles. The molecule has 0 saturated heterocycles. The molecule has 0 radical (unpaired) electrons. The Morgan fingerprint density at radius 1 is 1.27 bits per heavy atom. The summed E-state index contributed by atoms with van der Waals surface area (Å²) >= 11 is 0. The lowest BCUT2D eigenvalue weighted by Gasteiger charge is -2.28. The second kappa shape index (κ2) is 6.52. The first-order valence-corrected chi connectivity index (χ1v) is 8.09. The van der Waals surface area contributed by atoms with E-state index in [0.717, 1.165) is 0 Å². The lowest BCUT2D eigenvalue weighted by molar-refractivity contribution is -0.136. The Morgan fingerprint density at radius 3 is 2.65 bits per heavy atom. The monoisotopic (exact) mass is 350 g/mol. The third-order valence-corrected chi connectivity index (χ3v) is 4.51. The predicted octanol–water partition coefficient (Wildman–Crippen LogP) is 3.03. The van der Waals surface area contributed by atoms with Crippen molar-refractivity contribution in [2.45, 2.75) is 26.7 Å². The van der Waals surface area contributed by atoms with Crippen molar-refractivity contribution >= 4 is 16.9 Å². The zero-order chi connectivity index (χ0) is 19.0. The highest BCUT2D eigenvalue weighted by Gasteiger charge is 2.35. The number of hydrogen-bond donors (Lipinski definition) is 1. The van der Waals surface area contributed by atoms with Crippen LogP contribution in [0.25, 0.3) is 11.0 Å². The number of hydrogen-bond acceptors (Lipinski definition) is 6. The van der Waals surface area contributed by atoms with E-state index in [-0.39, 0.29) is 5.43 Å². The van der Waals surface area contributed by atoms with E-state index in [1.807, 2.05) is 0 Å². The number of methoxy groups -OCH3 is 1. The number of allylic oxidation sites excluding steroid dienone is 3. The summed E-state index contributed by atoms with van der Waals surface area (Å²) in [6, 6.07) is 8.76. The van der Waals surface area contributed by atoms with Gasteiger partial charge in [0.25, 0.3) is 0 Å². The minimum absolute atomic E-state index is 0.168. The molecule has 1 atom stereocenters. The van der Waals surface area contributed by atoms with Gasteiger partial charge in [0.05, 0.1) is 35.6 Å².